The Kier molecular flexibility index (Phi) is 6.16. The van der Waals surface area contributed by atoms with E-state index in [0.29, 0.717) is 0 Å². The van der Waals surface area contributed by atoms with Crippen LogP contribution in [0.3, 0.4) is 0 Å². The number of amides is 1. The summed E-state index contributed by atoms with van der Waals surface area (Å²) in [4.78, 5) is 13.3. The zero-order valence-corrected chi connectivity index (χ0v) is 15.9. The number of aryl methyl sites for hydroxylation is 1. The van der Waals surface area contributed by atoms with Crippen molar-refractivity contribution in [3.8, 4) is 0 Å². The maximum atomic E-state index is 13.1. The lowest BCUT2D eigenvalue weighted by atomic mass is 10.0. The number of anilines is 1. The van der Waals surface area contributed by atoms with Crippen molar-refractivity contribution in [3.63, 3.8) is 0 Å². The van der Waals surface area contributed by atoms with Gasteiger partial charge in [-0.25, -0.2) is 0 Å². The van der Waals surface area contributed by atoms with E-state index in [4.69, 9.17) is 0 Å². The zero-order chi connectivity index (χ0) is 20.1. The van der Waals surface area contributed by atoms with E-state index in [-0.39, 0.29) is 18.3 Å². The fourth-order valence-corrected chi connectivity index (χ4v) is 3.65. The van der Waals surface area contributed by atoms with Crippen LogP contribution in [0.2, 0.25) is 0 Å². The molecule has 0 aliphatic rings. The molecule has 1 amide bonds. The molecule has 0 aliphatic heterocycles. The summed E-state index contributed by atoms with van der Waals surface area (Å²) in [7, 11) is 0. The number of hydrogen-bond donors (Lipinski definition) is 2. The summed E-state index contributed by atoms with van der Waals surface area (Å²) in [6.07, 6.45) is -4.53. The van der Waals surface area contributed by atoms with Gasteiger partial charge < -0.3 is 5.32 Å². The molecule has 3 rings (SSSR count). The van der Waals surface area contributed by atoms with Crippen LogP contribution in [0.25, 0.3) is 0 Å². The molecular weight excluding hydrogens is 385 g/mol. The largest absolute Gasteiger partial charge is 0.418 e. The highest BCUT2D eigenvalue weighted by molar-refractivity contribution is 7.10. The van der Waals surface area contributed by atoms with Crippen molar-refractivity contribution in [1.82, 2.24) is 5.32 Å². The predicted molar refractivity (Wildman–Crippen MR) is 105 cm³/mol. The topological polar surface area (TPSA) is 41.1 Å². The van der Waals surface area contributed by atoms with Crippen LogP contribution < -0.4 is 10.6 Å². The van der Waals surface area contributed by atoms with E-state index in [9.17, 15) is 18.0 Å². The summed E-state index contributed by atoms with van der Waals surface area (Å²) >= 11 is 1.55. The smallest absolute Gasteiger partial charge is 0.324 e. The maximum absolute atomic E-state index is 13.1. The number of thiophene rings is 1. The Bertz CT molecular complexity index is 922. The van der Waals surface area contributed by atoms with Crippen molar-refractivity contribution in [2.24, 2.45) is 0 Å². The summed E-state index contributed by atoms with van der Waals surface area (Å²) in [6, 6.07) is 16.5. The van der Waals surface area contributed by atoms with Crippen LogP contribution in [-0.2, 0) is 11.0 Å². The van der Waals surface area contributed by atoms with Gasteiger partial charge in [-0.1, -0.05) is 48.0 Å². The molecule has 0 aliphatic carbocycles. The monoisotopic (exact) mass is 404 g/mol. The second-order valence-electron chi connectivity index (χ2n) is 6.33. The molecule has 28 heavy (non-hydrogen) atoms. The lowest BCUT2D eigenvalue weighted by Gasteiger charge is -2.19. The van der Waals surface area contributed by atoms with Crippen LogP contribution in [0.5, 0.6) is 0 Å². The average molecular weight is 404 g/mol. The van der Waals surface area contributed by atoms with E-state index in [1.54, 1.807) is 11.3 Å². The fourth-order valence-electron chi connectivity index (χ4n) is 2.83. The molecule has 7 heteroatoms. The van der Waals surface area contributed by atoms with Gasteiger partial charge in [-0.15, -0.1) is 11.3 Å². The third kappa shape index (κ3) is 4.99. The van der Waals surface area contributed by atoms with Crippen LogP contribution >= 0.6 is 11.3 Å². The zero-order valence-electron chi connectivity index (χ0n) is 15.1. The van der Waals surface area contributed by atoms with Gasteiger partial charge in [0.05, 0.1) is 23.8 Å². The molecule has 0 fully saturated rings. The Morgan fingerprint density at radius 1 is 1.04 bits per heavy atom. The first-order valence-electron chi connectivity index (χ1n) is 8.64. The van der Waals surface area contributed by atoms with Crippen molar-refractivity contribution in [1.29, 1.82) is 0 Å². The molecule has 3 aromatic rings. The Balaban J connectivity index is 1.72. The minimum absolute atomic E-state index is 0.122. The van der Waals surface area contributed by atoms with Gasteiger partial charge in [-0.2, -0.15) is 13.2 Å². The average Bonchev–Trinajstić information content (AvgIpc) is 3.17. The lowest BCUT2D eigenvalue weighted by Crippen LogP contribution is -2.32. The Labute approximate surface area is 165 Å². The Hall–Kier alpha value is -2.64. The van der Waals surface area contributed by atoms with Crippen LogP contribution in [-0.4, -0.2) is 12.5 Å². The molecular formula is C21H19F3N2OS. The molecule has 0 saturated carbocycles. The van der Waals surface area contributed by atoms with Gasteiger partial charge in [0.15, 0.2) is 0 Å². The van der Waals surface area contributed by atoms with Gasteiger partial charge in [0.25, 0.3) is 0 Å². The SMILES string of the molecule is Cc1ccc([C@@H](NCC(=O)Nc2ccccc2C(F)(F)F)c2cccs2)cc1. The summed E-state index contributed by atoms with van der Waals surface area (Å²) in [5.41, 5.74) is 0.994. The van der Waals surface area contributed by atoms with Gasteiger partial charge in [0.1, 0.15) is 0 Å². The second-order valence-corrected chi connectivity index (χ2v) is 7.31. The van der Waals surface area contributed by atoms with Crippen molar-refractivity contribution < 1.29 is 18.0 Å². The van der Waals surface area contributed by atoms with Crippen LogP contribution in [0, 0.1) is 6.92 Å². The molecule has 0 bridgehead atoms. The van der Waals surface area contributed by atoms with Crippen molar-refractivity contribution in [2.75, 3.05) is 11.9 Å². The van der Waals surface area contributed by atoms with E-state index in [0.717, 1.165) is 22.1 Å². The first-order valence-corrected chi connectivity index (χ1v) is 9.52. The highest BCUT2D eigenvalue weighted by atomic mass is 32.1. The standard InChI is InChI=1S/C21H19F3N2OS/c1-14-8-10-15(11-9-14)20(18-7-4-12-28-18)25-13-19(27)26-17-6-3-2-5-16(17)21(22,23)24/h2-12,20,25H,13H2,1H3,(H,26,27)/t20-/m1/s1. The predicted octanol–water partition coefficient (Wildman–Crippen LogP) is 5.39. The summed E-state index contributed by atoms with van der Waals surface area (Å²) in [5.74, 6) is -0.537. The van der Waals surface area contributed by atoms with Crippen LogP contribution in [0.15, 0.2) is 66.0 Å². The molecule has 146 valence electrons. The number of nitrogens with one attached hydrogen (secondary N) is 2. The number of rotatable bonds is 6. The van der Waals surface area contributed by atoms with Gasteiger partial charge in [-0.3, -0.25) is 10.1 Å². The molecule has 0 spiro atoms. The van der Waals surface area contributed by atoms with Crippen molar-refractivity contribution in [2.45, 2.75) is 19.1 Å². The highest BCUT2D eigenvalue weighted by Gasteiger charge is 2.33. The normalized spacial score (nSPS) is 12.6. The first kappa shape index (κ1) is 20.1. The molecule has 0 unspecified atom stereocenters. The van der Waals surface area contributed by atoms with Crippen molar-refractivity contribution >= 4 is 22.9 Å². The second kappa shape index (κ2) is 8.58. The van der Waals surface area contributed by atoms with Gasteiger partial charge >= 0.3 is 6.18 Å². The number of hydrogen-bond acceptors (Lipinski definition) is 3. The van der Waals surface area contributed by atoms with E-state index < -0.39 is 17.6 Å². The molecule has 0 radical (unpaired) electrons. The van der Waals surface area contributed by atoms with E-state index in [2.05, 4.69) is 10.6 Å². The van der Waals surface area contributed by atoms with Gasteiger partial charge in [-0.05, 0) is 36.1 Å². The quantitative estimate of drug-likeness (QED) is 0.578. The fraction of sp³-hybridized carbons (Fsp3) is 0.190. The molecule has 1 aromatic heterocycles. The summed E-state index contributed by atoms with van der Waals surface area (Å²) in [5, 5.41) is 7.46. The van der Waals surface area contributed by atoms with Crippen LogP contribution in [0.4, 0.5) is 18.9 Å². The molecule has 1 heterocycles. The summed E-state index contributed by atoms with van der Waals surface area (Å²) in [6.45, 7) is 1.87. The third-order valence-electron chi connectivity index (χ3n) is 4.21. The first-order chi connectivity index (χ1) is 13.3. The highest BCUT2D eigenvalue weighted by Crippen LogP contribution is 2.34. The number of alkyl halides is 3. The number of para-hydroxylation sites is 1. The summed E-state index contributed by atoms with van der Waals surface area (Å²) < 4.78 is 39.3. The molecule has 3 nitrogen and oxygen atoms in total. The van der Waals surface area contributed by atoms with E-state index >= 15 is 0 Å². The van der Waals surface area contributed by atoms with Gasteiger partial charge in [0, 0.05) is 4.88 Å². The molecule has 0 saturated heterocycles. The molecule has 2 N–H and O–H groups in total. The van der Waals surface area contributed by atoms with E-state index in [1.807, 2.05) is 48.7 Å². The third-order valence-corrected chi connectivity index (χ3v) is 5.15. The minimum atomic E-state index is -4.53. The number of halogens is 3. The van der Waals surface area contributed by atoms with Gasteiger partial charge in [0.2, 0.25) is 5.91 Å². The number of benzene rings is 2. The van der Waals surface area contributed by atoms with E-state index in [1.165, 1.54) is 18.2 Å². The van der Waals surface area contributed by atoms with Crippen LogP contribution in [0.1, 0.15) is 27.6 Å². The number of carbonyl (C=O) groups is 1. The number of carbonyl (C=O) groups excluding carboxylic acids is 1. The maximum Gasteiger partial charge on any atom is 0.418 e. The molecule has 1 atom stereocenters. The Morgan fingerprint density at radius 2 is 1.75 bits per heavy atom. The minimum Gasteiger partial charge on any atom is -0.324 e. The molecule has 2 aromatic carbocycles. The Morgan fingerprint density at radius 3 is 2.39 bits per heavy atom. The van der Waals surface area contributed by atoms with Crippen molar-refractivity contribution in [3.05, 3.63) is 87.6 Å². The lowest BCUT2D eigenvalue weighted by molar-refractivity contribution is -0.137.